The van der Waals surface area contributed by atoms with E-state index >= 15 is 8.78 Å². The van der Waals surface area contributed by atoms with Crippen LogP contribution in [0.1, 0.15) is 110 Å². The Hall–Kier alpha value is -9.14. The number of H-pyrrole nitrogens is 3. The van der Waals surface area contributed by atoms with Crippen LogP contribution in [0.5, 0.6) is 0 Å². The van der Waals surface area contributed by atoms with Crippen LogP contribution < -0.4 is 33.7 Å². The fourth-order valence-corrected chi connectivity index (χ4v) is 10.8. The maximum Gasteiger partial charge on any atom is 0.510 e. The second-order valence-electron chi connectivity index (χ2n) is 22.6. The van der Waals surface area contributed by atoms with E-state index in [1.54, 1.807) is 27.7 Å². The quantitative estimate of drug-likeness (QED) is 0.00779. The molecule has 6 rings (SSSR count). The van der Waals surface area contributed by atoms with E-state index in [9.17, 15) is 71.7 Å². The average molecular weight is 1570 g/mol. The number of carbonyl (C=O) groups excluding carboxylic acids is 4. The number of halogens is 3. The third kappa shape index (κ3) is 27.3. The first-order chi connectivity index (χ1) is 48.4. The van der Waals surface area contributed by atoms with Crippen molar-refractivity contribution >= 4 is 40.3 Å². The number of rotatable bonds is 32. The van der Waals surface area contributed by atoms with Crippen molar-refractivity contribution in [2.75, 3.05) is 66.6 Å². The minimum Gasteiger partial charge on any atom is -0.432 e. The lowest BCUT2D eigenvalue weighted by atomic mass is 9.88. The average Bonchev–Trinajstić information content (AvgIpc) is 1.63. The molecule has 3 fully saturated rings. The van der Waals surface area contributed by atoms with Gasteiger partial charge in [-0.25, -0.2) is 74.0 Å². The molecule has 6 heterocycles. The van der Waals surface area contributed by atoms with E-state index in [-0.39, 0.29) is 28.8 Å². The molecule has 0 aromatic carbocycles. The van der Waals surface area contributed by atoms with Gasteiger partial charge in [-0.15, -0.1) is 0 Å². The normalized spacial score (nSPS) is 23.6. The molecule has 51 heteroatoms. The largest absolute Gasteiger partial charge is 0.510 e. The fourth-order valence-electron chi connectivity index (χ4n) is 8.85. The Bertz CT molecular complexity index is 3740. The Morgan fingerprint density at radius 2 is 0.764 bits per heavy atom. The highest BCUT2D eigenvalue weighted by Crippen LogP contribution is 2.54. The SMILES string of the molecule is C.C.C.CC(C)OC(=O)OCOP(=O)(OCOC(=O)OC(C)C)OC[C@@]1(CN=[N+]=[N-])O[C@@H](n2ccc(=O)[nH]c2=O)[C@H](F)[C@@H]1C.CC(C)OC(=O)OCOP(=O)(OCOC(=O)OC(C)C)OC[C@@]1(CN=[N+]=[N-])O[C@@H](n2ccc(=O)[nH]c2=O)[C@H](F)[C@@H]1O.C[C@H]1[C@@H](F)[C@H](n2ccc(=O)[nH]c2=O)O[C@@]1(CO)CN=[N+]=[N-]. The summed E-state index contributed by atoms with van der Waals surface area (Å²) in [7, 11) is -9.71. The van der Waals surface area contributed by atoms with Gasteiger partial charge in [0.05, 0.1) is 63.9 Å². The number of aromatic nitrogens is 6. The first kappa shape index (κ1) is 94.9. The van der Waals surface area contributed by atoms with Crippen molar-refractivity contribution in [3.63, 3.8) is 0 Å². The first-order valence-electron chi connectivity index (χ1n) is 30.0. The smallest absolute Gasteiger partial charge is 0.432 e. The van der Waals surface area contributed by atoms with Gasteiger partial charge in [0.2, 0.25) is 27.2 Å². The van der Waals surface area contributed by atoms with E-state index in [1.165, 1.54) is 41.5 Å². The standard InChI is InChI=1S/C21H31FN5O13P.C20H29FN5O14P.C11H14FN5O4.3CH4/c1-12(2)38-19(30)33-10-36-41(32,37-11-34-20(31)39-13(3)4)35-9-21(8-24-26-23)14(5)16(22)17(40-21)27-7-6-15(28)25-18(27)29;1-11(2)38-18(30)33-9-36-41(32,37-10-34-19(31)39-12(3)4)35-8-20(7-23-25-22)15(28)14(21)16(40-20)26-6-5-13(27)24-17(26)29;1-6-8(12)9(17-3-2-7(19)15-10(17)20)21-11(6,5-18)4-14-16-13;;;/h6-7,12-14,16-17H,8-11H2,1-5H3,(H,25,28,29);5-6,11-12,14-16,28H,7-10H2,1-4H3,(H,24,27,29);2-3,6,8-9,18H,4-5H2,1H3,(H,15,19,20);3*1H4/t14-,16+,17+,21+;14-,15+,16-,20-;6-,8+,9+,11+;;;/m010.../s1. The number of ether oxygens (including phenoxy) is 11. The maximum atomic E-state index is 15.4. The Kier molecular flexibility index (Phi) is 38.9. The zero-order valence-corrected chi connectivity index (χ0v) is 58.0. The van der Waals surface area contributed by atoms with Crippen molar-refractivity contribution in [3.8, 4) is 0 Å². The summed E-state index contributed by atoms with van der Waals surface area (Å²) in [6.07, 6.45) is -16.8. The number of aliphatic hydroxyl groups excluding tert-OH is 2. The molecule has 0 unspecified atom stereocenters. The van der Waals surface area contributed by atoms with E-state index in [4.69, 9.17) is 76.9 Å². The Morgan fingerprint density at radius 1 is 0.500 bits per heavy atom. The summed E-state index contributed by atoms with van der Waals surface area (Å²) in [6.45, 7) is 6.80. The van der Waals surface area contributed by atoms with Crippen molar-refractivity contribution in [3.05, 3.63) is 131 Å². The van der Waals surface area contributed by atoms with E-state index < -0.39 is 230 Å². The lowest BCUT2D eigenvalue weighted by Crippen LogP contribution is -2.48. The van der Waals surface area contributed by atoms with E-state index in [0.717, 1.165) is 45.9 Å². The van der Waals surface area contributed by atoms with Crippen molar-refractivity contribution in [2.24, 2.45) is 27.2 Å². The summed E-state index contributed by atoms with van der Waals surface area (Å²) in [5.74, 6) is -1.98. The van der Waals surface area contributed by atoms with Crippen molar-refractivity contribution in [2.45, 2.75) is 176 Å². The molecule has 598 valence electrons. The number of azide groups is 3. The maximum absolute atomic E-state index is 15.4. The molecule has 0 aliphatic carbocycles. The number of phosphoric ester groups is 2. The molecule has 5 N–H and O–H groups in total. The molecule has 106 heavy (non-hydrogen) atoms. The van der Waals surface area contributed by atoms with Crippen LogP contribution in [0.15, 0.2) is 80.9 Å². The van der Waals surface area contributed by atoms with Crippen LogP contribution in [0.4, 0.5) is 32.3 Å². The van der Waals surface area contributed by atoms with Gasteiger partial charge in [0, 0.05) is 63.4 Å². The highest BCUT2D eigenvalue weighted by atomic mass is 31.2. The Balaban J connectivity index is 0.000000822. The lowest BCUT2D eigenvalue weighted by Gasteiger charge is -2.32. The highest BCUT2D eigenvalue weighted by molar-refractivity contribution is 7.48. The zero-order chi connectivity index (χ0) is 77.2. The van der Waals surface area contributed by atoms with Crippen LogP contribution >= 0.6 is 15.6 Å². The van der Waals surface area contributed by atoms with Gasteiger partial charge in [-0.3, -0.25) is 52.1 Å². The summed E-state index contributed by atoms with van der Waals surface area (Å²) in [4.78, 5) is 130. The number of nitrogens with zero attached hydrogens (tertiary/aromatic N) is 12. The summed E-state index contributed by atoms with van der Waals surface area (Å²) in [5, 5.41) is 30.2. The van der Waals surface area contributed by atoms with Crippen molar-refractivity contribution in [1.82, 2.24) is 28.7 Å². The van der Waals surface area contributed by atoms with Gasteiger partial charge in [0.1, 0.15) is 22.9 Å². The third-order valence-corrected chi connectivity index (χ3v) is 16.6. The van der Waals surface area contributed by atoms with Gasteiger partial charge < -0.3 is 62.3 Å². The molecule has 0 amide bonds. The summed E-state index contributed by atoms with van der Waals surface area (Å²) in [6, 6.07) is 2.92. The van der Waals surface area contributed by atoms with Gasteiger partial charge in [0.15, 0.2) is 37.2 Å². The molecule has 3 aromatic rings. The molecule has 3 aliphatic rings. The minimum atomic E-state index is -4.91. The van der Waals surface area contributed by atoms with E-state index in [2.05, 4.69) is 49.0 Å². The highest BCUT2D eigenvalue weighted by Gasteiger charge is 2.58. The number of aliphatic hydroxyl groups is 2. The fraction of sp³-hybridized carbons (Fsp3) is 0.709. The number of alkyl halides is 3. The molecule has 3 saturated heterocycles. The molecular weight excluding hydrogens is 1490 g/mol. The summed E-state index contributed by atoms with van der Waals surface area (Å²) < 4.78 is 158. The van der Waals surface area contributed by atoms with E-state index in [0.29, 0.717) is 4.57 Å². The van der Waals surface area contributed by atoms with Crippen LogP contribution in [0, 0.1) is 11.8 Å². The van der Waals surface area contributed by atoms with Crippen LogP contribution in [-0.4, -0.2) is 196 Å². The van der Waals surface area contributed by atoms with Crippen LogP contribution in [0.3, 0.4) is 0 Å². The van der Waals surface area contributed by atoms with Crippen LogP contribution in [0.25, 0.3) is 31.3 Å². The van der Waals surface area contributed by atoms with E-state index in [1.807, 2.05) is 15.0 Å². The summed E-state index contributed by atoms with van der Waals surface area (Å²) in [5.41, 5.74) is 15.5. The van der Waals surface area contributed by atoms with Gasteiger partial charge in [-0.1, -0.05) is 51.5 Å². The molecule has 3 aromatic heterocycles. The molecule has 0 saturated carbocycles. The van der Waals surface area contributed by atoms with Gasteiger partial charge in [-0.05, 0) is 72.0 Å². The Morgan fingerprint density at radius 3 is 1.06 bits per heavy atom. The number of nitrogens with one attached hydrogen (secondary N) is 3. The van der Waals surface area contributed by atoms with Crippen LogP contribution in [-0.2, 0) is 88.4 Å². The number of hydrogen-bond donors (Lipinski definition) is 5. The first-order valence-corrected chi connectivity index (χ1v) is 32.9. The number of phosphoric acid groups is 2. The molecule has 12 atom stereocenters. The summed E-state index contributed by atoms with van der Waals surface area (Å²) >= 11 is 0. The molecular formula is C55H86F3N15O31P2. The van der Waals surface area contributed by atoms with Gasteiger partial charge in [-0.2, -0.15) is 0 Å². The molecule has 0 bridgehead atoms. The third-order valence-electron chi connectivity index (χ3n) is 14.0. The predicted molar refractivity (Wildman–Crippen MR) is 353 cm³/mol. The van der Waals surface area contributed by atoms with Gasteiger partial charge >= 0.3 is 57.3 Å². The second-order valence-corrected chi connectivity index (χ2v) is 26.0. The molecule has 0 spiro atoms. The predicted octanol–water partition coefficient (Wildman–Crippen LogP) is 7.28. The minimum absolute atomic E-state index is 0. The number of aromatic amines is 3. The molecule has 0 radical (unpaired) electrons. The lowest BCUT2D eigenvalue weighted by molar-refractivity contribution is -0.126. The Labute approximate surface area is 598 Å². The van der Waals surface area contributed by atoms with Gasteiger partial charge in [0.25, 0.3) is 16.7 Å². The molecule has 46 nitrogen and oxygen atoms in total. The monoisotopic (exact) mass is 1570 g/mol. The number of carbonyl (C=O) groups is 4. The molecule has 3 aliphatic heterocycles. The second kappa shape index (κ2) is 43.5. The van der Waals surface area contributed by atoms with Crippen LogP contribution in [0.2, 0.25) is 0 Å². The zero-order valence-electron chi connectivity index (χ0n) is 56.2. The van der Waals surface area contributed by atoms with Crippen molar-refractivity contribution < 1.29 is 131 Å². The van der Waals surface area contributed by atoms with Crippen molar-refractivity contribution in [1.29, 1.82) is 0 Å². The topological polar surface area (TPSA) is 611 Å². The number of hydrogen-bond acceptors (Lipinski definition) is 34.